The molecule has 0 amide bonds. The van der Waals surface area contributed by atoms with Crippen molar-refractivity contribution in [1.82, 2.24) is 0 Å². The minimum Gasteiger partial charge on any atom is -0.324 e. The summed E-state index contributed by atoms with van der Waals surface area (Å²) in [5, 5.41) is 0. The first-order chi connectivity index (χ1) is 5.68. The molecule has 0 radical (unpaired) electrons. The average molecular weight is 169 g/mol. The molecule has 1 aliphatic rings. The predicted octanol–water partition coefficient (Wildman–Crippen LogP) is 1.91. The van der Waals surface area contributed by atoms with Crippen LogP contribution in [-0.2, 0) is 6.42 Å². The Kier molecular flexibility index (Phi) is 1.61. The Morgan fingerprint density at radius 3 is 2.83 bits per heavy atom. The first-order valence-electron chi connectivity index (χ1n) is 3.92. The maximum absolute atomic E-state index is 13.1. The Morgan fingerprint density at radius 2 is 2.08 bits per heavy atom. The van der Waals surface area contributed by atoms with Gasteiger partial charge in [-0.15, -0.1) is 0 Å². The van der Waals surface area contributed by atoms with Gasteiger partial charge in [0, 0.05) is 17.7 Å². The number of rotatable bonds is 0. The fourth-order valence-corrected chi connectivity index (χ4v) is 1.72. The third kappa shape index (κ3) is 1.01. The highest BCUT2D eigenvalue weighted by Gasteiger charge is 2.23. The van der Waals surface area contributed by atoms with Gasteiger partial charge < -0.3 is 5.73 Å². The second kappa shape index (κ2) is 2.52. The lowest BCUT2D eigenvalue weighted by Gasteiger charge is -2.05. The van der Waals surface area contributed by atoms with Crippen molar-refractivity contribution in [2.24, 2.45) is 5.73 Å². The van der Waals surface area contributed by atoms with E-state index >= 15 is 0 Å². The van der Waals surface area contributed by atoms with Crippen molar-refractivity contribution in [3.05, 3.63) is 34.9 Å². The first-order valence-corrected chi connectivity index (χ1v) is 3.92. The van der Waals surface area contributed by atoms with Crippen LogP contribution in [0, 0.1) is 11.6 Å². The Labute approximate surface area is 69.2 Å². The van der Waals surface area contributed by atoms with Gasteiger partial charge in [-0.05, 0) is 24.5 Å². The first kappa shape index (κ1) is 7.68. The highest BCUT2D eigenvalue weighted by Crippen LogP contribution is 2.31. The fourth-order valence-electron chi connectivity index (χ4n) is 1.72. The molecule has 0 spiro atoms. The van der Waals surface area contributed by atoms with Crippen LogP contribution in [0.1, 0.15) is 23.6 Å². The summed E-state index contributed by atoms with van der Waals surface area (Å²) in [5.74, 6) is -1.02. The maximum atomic E-state index is 13.1. The summed E-state index contributed by atoms with van der Waals surface area (Å²) in [6, 6.07) is 2.01. The van der Waals surface area contributed by atoms with Crippen LogP contribution in [0.5, 0.6) is 0 Å². The number of benzene rings is 1. The van der Waals surface area contributed by atoms with Crippen molar-refractivity contribution >= 4 is 0 Å². The molecular formula is C9H9F2N. The second-order valence-electron chi connectivity index (χ2n) is 3.11. The summed E-state index contributed by atoms with van der Waals surface area (Å²) < 4.78 is 25.8. The van der Waals surface area contributed by atoms with E-state index in [2.05, 4.69) is 0 Å². The second-order valence-corrected chi connectivity index (χ2v) is 3.11. The largest absolute Gasteiger partial charge is 0.324 e. The lowest BCUT2D eigenvalue weighted by molar-refractivity contribution is 0.562. The van der Waals surface area contributed by atoms with E-state index in [1.165, 1.54) is 6.07 Å². The number of halogens is 2. The van der Waals surface area contributed by atoms with Gasteiger partial charge in [0.2, 0.25) is 0 Å². The molecule has 2 N–H and O–H groups in total. The highest BCUT2D eigenvalue weighted by atomic mass is 19.1. The predicted molar refractivity (Wildman–Crippen MR) is 41.6 cm³/mol. The van der Waals surface area contributed by atoms with Crippen LogP contribution in [0.2, 0.25) is 0 Å². The number of aryl methyl sites for hydroxylation is 1. The van der Waals surface area contributed by atoms with Crippen LogP contribution in [0.3, 0.4) is 0 Å². The Morgan fingerprint density at radius 1 is 1.33 bits per heavy atom. The topological polar surface area (TPSA) is 26.0 Å². The summed E-state index contributed by atoms with van der Waals surface area (Å²) in [5.41, 5.74) is 6.85. The lowest BCUT2D eigenvalue weighted by Crippen LogP contribution is -2.07. The van der Waals surface area contributed by atoms with Gasteiger partial charge in [-0.25, -0.2) is 8.78 Å². The molecule has 0 aromatic heterocycles. The minimum atomic E-state index is -0.514. The molecule has 1 unspecified atom stereocenters. The van der Waals surface area contributed by atoms with Crippen LogP contribution < -0.4 is 5.73 Å². The van der Waals surface area contributed by atoms with E-state index in [0.29, 0.717) is 12.0 Å². The summed E-state index contributed by atoms with van der Waals surface area (Å²) >= 11 is 0. The zero-order valence-corrected chi connectivity index (χ0v) is 6.48. The average Bonchev–Trinajstić information content (AvgIpc) is 2.31. The van der Waals surface area contributed by atoms with E-state index in [1.807, 2.05) is 0 Å². The molecule has 64 valence electrons. The van der Waals surface area contributed by atoms with E-state index in [0.717, 1.165) is 18.1 Å². The molecule has 0 aliphatic heterocycles. The van der Waals surface area contributed by atoms with E-state index in [-0.39, 0.29) is 6.04 Å². The van der Waals surface area contributed by atoms with Crippen molar-refractivity contribution in [1.29, 1.82) is 0 Å². The molecule has 1 atom stereocenters. The quantitative estimate of drug-likeness (QED) is 0.630. The third-order valence-electron chi connectivity index (χ3n) is 2.28. The van der Waals surface area contributed by atoms with Gasteiger partial charge in [0.1, 0.15) is 11.6 Å². The van der Waals surface area contributed by atoms with Gasteiger partial charge >= 0.3 is 0 Å². The zero-order valence-electron chi connectivity index (χ0n) is 6.48. The van der Waals surface area contributed by atoms with Crippen molar-refractivity contribution in [2.45, 2.75) is 18.9 Å². The molecule has 0 bridgehead atoms. The standard InChI is InChI=1S/C9H9F2N/c10-6-3-5-1-2-8(12)9(5)7(11)4-6/h3-4,8H,1-2,12H2. The summed E-state index contributed by atoms with van der Waals surface area (Å²) in [6.07, 6.45) is 1.40. The Bertz CT molecular complexity index is 323. The molecule has 1 nitrogen and oxygen atoms in total. The molecule has 0 saturated carbocycles. The van der Waals surface area contributed by atoms with Crippen LogP contribution in [0.4, 0.5) is 8.78 Å². The van der Waals surface area contributed by atoms with Gasteiger partial charge in [-0.1, -0.05) is 0 Å². The number of nitrogens with two attached hydrogens (primary N) is 1. The monoisotopic (exact) mass is 169 g/mol. The van der Waals surface area contributed by atoms with Gasteiger partial charge in [0.25, 0.3) is 0 Å². The maximum Gasteiger partial charge on any atom is 0.131 e. The van der Waals surface area contributed by atoms with Crippen LogP contribution in [0.15, 0.2) is 12.1 Å². The van der Waals surface area contributed by atoms with E-state index in [1.54, 1.807) is 0 Å². The number of fused-ring (bicyclic) bond motifs is 1. The molecule has 3 heteroatoms. The number of hydrogen-bond donors (Lipinski definition) is 1. The Balaban J connectivity index is 2.60. The highest BCUT2D eigenvalue weighted by molar-refractivity contribution is 5.35. The van der Waals surface area contributed by atoms with E-state index in [4.69, 9.17) is 5.73 Å². The van der Waals surface area contributed by atoms with E-state index < -0.39 is 11.6 Å². The van der Waals surface area contributed by atoms with Gasteiger partial charge in [0.05, 0.1) is 0 Å². The number of hydrogen-bond acceptors (Lipinski definition) is 1. The zero-order chi connectivity index (χ0) is 8.72. The minimum absolute atomic E-state index is 0.249. The third-order valence-corrected chi connectivity index (χ3v) is 2.28. The SMILES string of the molecule is NC1CCc2cc(F)cc(F)c21. The fraction of sp³-hybridized carbons (Fsp3) is 0.333. The van der Waals surface area contributed by atoms with Gasteiger partial charge in [-0.3, -0.25) is 0 Å². The molecule has 0 heterocycles. The van der Waals surface area contributed by atoms with Crippen molar-refractivity contribution in [3.63, 3.8) is 0 Å². The smallest absolute Gasteiger partial charge is 0.131 e. The molecule has 1 aromatic rings. The summed E-state index contributed by atoms with van der Waals surface area (Å²) in [4.78, 5) is 0. The molecule has 0 fully saturated rings. The molecule has 2 rings (SSSR count). The normalized spacial score (nSPS) is 21.1. The van der Waals surface area contributed by atoms with Crippen LogP contribution in [-0.4, -0.2) is 0 Å². The molecular weight excluding hydrogens is 160 g/mol. The Hall–Kier alpha value is -0.960. The van der Waals surface area contributed by atoms with Crippen molar-refractivity contribution in [3.8, 4) is 0 Å². The lowest BCUT2D eigenvalue weighted by atomic mass is 10.1. The summed E-state index contributed by atoms with van der Waals surface area (Å²) in [6.45, 7) is 0. The van der Waals surface area contributed by atoms with E-state index in [9.17, 15) is 8.78 Å². The summed E-state index contributed by atoms with van der Waals surface area (Å²) in [7, 11) is 0. The van der Waals surface area contributed by atoms with Gasteiger partial charge in [0.15, 0.2) is 0 Å². The molecule has 1 aromatic carbocycles. The van der Waals surface area contributed by atoms with Gasteiger partial charge in [-0.2, -0.15) is 0 Å². The van der Waals surface area contributed by atoms with Crippen molar-refractivity contribution in [2.75, 3.05) is 0 Å². The van der Waals surface area contributed by atoms with Crippen molar-refractivity contribution < 1.29 is 8.78 Å². The molecule has 0 saturated heterocycles. The van der Waals surface area contributed by atoms with Crippen LogP contribution in [0.25, 0.3) is 0 Å². The van der Waals surface area contributed by atoms with Crippen LogP contribution >= 0.6 is 0 Å². The molecule has 12 heavy (non-hydrogen) atoms. The molecule has 1 aliphatic carbocycles.